The molecule has 0 spiro atoms. The van der Waals surface area contributed by atoms with Crippen LogP contribution < -0.4 is 0 Å². The highest BCUT2D eigenvalue weighted by Gasteiger charge is 2.32. The van der Waals surface area contributed by atoms with Crippen LogP contribution >= 0.6 is 11.6 Å². The Morgan fingerprint density at radius 3 is 2.58 bits per heavy atom. The van der Waals surface area contributed by atoms with Crippen LogP contribution in [0.1, 0.15) is 29.6 Å². The van der Waals surface area contributed by atoms with Gasteiger partial charge in [0.2, 0.25) is 0 Å². The molecule has 2 aromatic rings. The van der Waals surface area contributed by atoms with Crippen LogP contribution in [0.25, 0.3) is 11.1 Å². The van der Waals surface area contributed by atoms with Gasteiger partial charge in [-0.15, -0.1) is 0 Å². The number of aliphatic carboxylic acids is 1. The van der Waals surface area contributed by atoms with Gasteiger partial charge in [-0.25, -0.2) is 4.79 Å². The van der Waals surface area contributed by atoms with Crippen molar-refractivity contribution in [2.24, 2.45) is 0 Å². The number of piperidine rings is 1. The molecular formula is C18H17ClN2O3. The highest BCUT2D eigenvalue weighted by atomic mass is 35.5. The molecule has 0 saturated carbocycles. The molecule has 1 N–H and O–H groups in total. The second-order valence-electron chi connectivity index (χ2n) is 5.82. The summed E-state index contributed by atoms with van der Waals surface area (Å²) in [6.07, 6.45) is 5.29. The topological polar surface area (TPSA) is 70.5 Å². The second kappa shape index (κ2) is 7.01. The summed E-state index contributed by atoms with van der Waals surface area (Å²) in [6, 6.07) is 8.24. The third kappa shape index (κ3) is 3.41. The quantitative estimate of drug-likeness (QED) is 0.925. The summed E-state index contributed by atoms with van der Waals surface area (Å²) < 4.78 is 0. The van der Waals surface area contributed by atoms with Crippen LogP contribution in [-0.4, -0.2) is 39.5 Å². The number of hydrogen-bond donors (Lipinski definition) is 1. The van der Waals surface area contributed by atoms with Crippen LogP contribution in [0.15, 0.2) is 42.7 Å². The zero-order chi connectivity index (χ0) is 17.1. The maximum Gasteiger partial charge on any atom is 0.326 e. The first kappa shape index (κ1) is 16.5. The zero-order valence-corrected chi connectivity index (χ0v) is 13.7. The van der Waals surface area contributed by atoms with E-state index in [4.69, 9.17) is 11.6 Å². The number of nitrogens with zero attached hydrogens (tertiary/aromatic N) is 2. The van der Waals surface area contributed by atoms with Crippen molar-refractivity contribution in [3.8, 4) is 11.1 Å². The average Bonchev–Trinajstić information content (AvgIpc) is 2.62. The monoisotopic (exact) mass is 344 g/mol. The molecule has 0 bridgehead atoms. The first-order valence-electron chi connectivity index (χ1n) is 7.81. The largest absolute Gasteiger partial charge is 0.480 e. The molecule has 0 aliphatic carbocycles. The molecule has 1 aromatic carbocycles. The van der Waals surface area contributed by atoms with Gasteiger partial charge in [0.25, 0.3) is 5.91 Å². The van der Waals surface area contributed by atoms with E-state index in [0.717, 1.165) is 24.0 Å². The number of halogens is 1. The molecule has 1 aliphatic rings. The van der Waals surface area contributed by atoms with Gasteiger partial charge in [-0.2, -0.15) is 0 Å². The number of pyridine rings is 1. The summed E-state index contributed by atoms with van der Waals surface area (Å²) in [5, 5.41) is 9.98. The lowest BCUT2D eigenvalue weighted by molar-refractivity contribution is -0.143. The lowest BCUT2D eigenvalue weighted by Crippen LogP contribution is -2.48. The molecule has 1 saturated heterocycles. The third-order valence-corrected chi connectivity index (χ3v) is 4.46. The van der Waals surface area contributed by atoms with E-state index in [0.29, 0.717) is 23.6 Å². The van der Waals surface area contributed by atoms with Gasteiger partial charge < -0.3 is 10.0 Å². The van der Waals surface area contributed by atoms with Crippen molar-refractivity contribution in [1.82, 2.24) is 9.88 Å². The number of hydrogen-bond acceptors (Lipinski definition) is 3. The number of aromatic nitrogens is 1. The zero-order valence-electron chi connectivity index (χ0n) is 13.0. The first-order valence-corrected chi connectivity index (χ1v) is 8.19. The van der Waals surface area contributed by atoms with Crippen molar-refractivity contribution in [3.05, 3.63) is 53.3 Å². The van der Waals surface area contributed by atoms with E-state index < -0.39 is 12.0 Å². The van der Waals surface area contributed by atoms with Crippen LogP contribution in [0.3, 0.4) is 0 Å². The second-order valence-corrected chi connectivity index (χ2v) is 6.25. The Labute approximate surface area is 144 Å². The van der Waals surface area contributed by atoms with E-state index in [9.17, 15) is 14.7 Å². The summed E-state index contributed by atoms with van der Waals surface area (Å²) in [6.45, 7) is 0.459. The van der Waals surface area contributed by atoms with E-state index in [1.165, 1.54) is 11.1 Å². The molecule has 1 aromatic heterocycles. The van der Waals surface area contributed by atoms with Gasteiger partial charge in [-0.3, -0.25) is 9.78 Å². The van der Waals surface area contributed by atoms with Gasteiger partial charge >= 0.3 is 5.97 Å². The van der Waals surface area contributed by atoms with Gasteiger partial charge in [0, 0.05) is 29.5 Å². The Morgan fingerprint density at radius 1 is 1.12 bits per heavy atom. The minimum Gasteiger partial charge on any atom is -0.480 e. The van der Waals surface area contributed by atoms with E-state index in [1.54, 1.807) is 24.4 Å². The first-order chi connectivity index (χ1) is 11.6. The van der Waals surface area contributed by atoms with Gasteiger partial charge in [-0.1, -0.05) is 23.7 Å². The number of carbonyl (C=O) groups excluding carboxylic acids is 1. The van der Waals surface area contributed by atoms with E-state index in [2.05, 4.69) is 4.98 Å². The Hall–Kier alpha value is -2.40. The van der Waals surface area contributed by atoms with Gasteiger partial charge in [0.15, 0.2) is 0 Å². The number of rotatable bonds is 3. The minimum atomic E-state index is -0.954. The minimum absolute atomic E-state index is 0.287. The lowest BCUT2D eigenvalue weighted by Gasteiger charge is -2.33. The molecule has 24 heavy (non-hydrogen) atoms. The summed E-state index contributed by atoms with van der Waals surface area (Å²) >= 11 is 5.90. The molecule has 1 fully saturated rings. The maximum atomic E-state index is 12.8. The van der Waals surface area contributed by atoms with Crippen molar-refractivity contribution in [3.63, 3.8) is 0 Å². The van der Waals surface area contributed by atoms with E-state index in [1.807, 2.05) is 12.1 Å². The van der Waals surface area contributed by atoms with Crippen molar-refractivity contribution >= 4 is 23.5 Å². The van der Waals surface area contributed by atoms with Gasteiger partial charge in [0.1, 0.15) is 6.04 Å². The maximum absolute atomic E-state index is 12.8. The fraction of sp³-hybridized carbons (Fsp3) is 0.278. The molecule has 1 unspecified atom stereocenters. The third-order valence-electron chi connectivity index (χ3n) is 4.21. The highest BCUT2D eigenvalue weighted by molar-refractivity contribution is 6.30. The summed E-state index contributed by atoms with van der Waals surface area (Å²) in [5.41, 5.74) is 2.09. The highest BCUT2D eigenvalue weighted by Crippen LogP contribution is 2.24. The smallest absolute Gasteiger partial charge is 0.326 e. The molecule has 0 radical (unpaired) electrons. The fourth-order valence-electron chi connectivity index (χ4n) is 2.95. The summed E-state index contributed by atoms with van der Waals surface area (Å²) in [4.78, 5) is 29.7. The molecule has 6 heteroatoms. The Kier molecular flexibility index (Phi) is 4.81. The number of benzene rings is 1. The summed E-state index contributed by atoms with van der Waals surface area (Å²) in [5.74, 6) is -1.24. The Bertz CT molecular complexity index is 761. The average molecular weight is 345 g/mol. The molecule has 3 rings (SSSR count). The molecule has 2 heterocycles. The number of carbonyl (C=O) groups is 2. The van der Waals surface area contributed by atoms with Crippen LogP contribution in [0.5, 0.6) is 0 Å². The number of carboxylic acid groups (broad SMARTS) is 1. The predicted molar refractivity (Wildman–Crippen MR) is 91.0 cm³/mol. The summed E-state index contributed by atoms with van der Waals surface area (Å²) in [7, 11) is 0. The fourth-order valence-corrected chi connectivity index (χ4v) is 3.08. The predicted octanol–water partition coefficient (Wildman–Crippen LogP) is 3.48. The number of carboxylic acids is 1. The van der Waals surface area contributed by atoms with E-state index >= 15 is 0 Å². The molecule has 5 nitrogen and oxygen atoms in total. The normalized spacial score (nSPS) is 17.5. The molecule has 1 aliphatic heterocycles. The molecule has 1 amide bonds. The van der Waals surface area contributed by atoms with Crippen molar-refractivity contribution in [1.29, 1.82) is 0 Å². The Morgan fingerprint density at radius 2 is 1.88 bits per heavy atom. The SMILES string of the molecule is O=C(O)C1CCCCN1C(=O)c1cncc(-c2ccc(Cl)cc2)c1. The standard InChI is InChI=1S/C18H17ClN2O3/c19-15-6-4-12(5-7-15)13-9-14(11-20-10-13)17(22)21-8-2-1-3-16(21)18(23)24/h4-7,9-11,16H,1-3,8H2,(H,23,24). The van der Waals surface area contributed by atoms with E-state index in [-0.39, 0.29) is 5.91 Å². The van der Waals surface area contributed by atoms with Gasteiger partial charge in [-0.05, 0) is 43.0 Å². The van der Waals surface area contributed by atoms with Crippen molar-refractivity contribution in [2.45, 2.75) is 25.3 Å². The van der Waals surface area contributed by atoms with Crippen LogP contribution in [-0.2, 0) is 4.79 Å². The molecule has 1 atom stereocenters. The van der Waals surface area contributed by atoms with Crippen LogP contribution in [0, 0.1) is 0 Å². The van der Waals surface area contributed by atoms with Gasteiger partial charge in [0.05, 0.1) is 5.56 Å². The van der Waals surface area contributed by atoms with Crippen LogP contribution in [0.4, 0.5) is 0 Å². The number of amides is 1. The van der Waals surface area contributed by atoms with Crippen molar-refractivity contribution < 1.29 is 14.7 Å². The van der Waals surface area contributed by atoms with Crippen molar-refractivity contribution in [2.75, 3.05) is 6.54 Å². The number of likely N-dealkylation sites (tertiary alicyclic amines) is 1. The lowest BCUT2D eigenvalue weighted by atomic mass is 10.0. The molecular weight excluding hydrogens is 328 g/mol. The van der Waals surface area contributed by atoms with Crippen LogP contribution in [0.2, 0.25) is 5.02 Å². The molecule has 124 valence electrons. The Balaban J connectivity index is 1.89.